The topological polar surface area (TPSA) is 92.7 Å². The van der Waals surface area contributed by atoms with E-state index in [1.165, 1.54) is 12.1 Å². The second-order valence-electron chi connectivity index (χ2n) is 5.67. The maximum atomic E-state index is 14.9. The van der Waals surface area contributed by atoms with E-state index in [1.807, 2.05) is 0 Å². The molecule has 0 radical (unpaired) electrons. The Hall–Kier alpha value is -1.69. The van der Waals surface area contributed by atoms with Crippen LogP contribution < -0.4 is 5.73 Å². The van der Waals surface area contributed by atoms with Gasteiger partial charge in [0.1, 0.15) is 11.6 Å². The molecule has 3 rings (SSSR count). The van der Waals surface area contributed by atoms with Gasteiger partial charge in [0.15, 0.2) is 0 Å². The number of alkyl halides is 2. The number of nitrogens with one attached hydrogen (secondary N) is 1. The van der Waals surface area contributed by atoms with Crippen molar-refractivity contribution in [1.29, 1.82) is 5.41 Å². The molecular formula is C17H14F3N4OU-. The normalized spacial score (nSPS) is 13.3. The number of nitrogens with two attached hydrogens (primary N) is 1. The van der Waals surface area contributed by atoms with Gasteiger partial charge in [0, 0.05) is 54.7 Å². The van der Waals surface area contributed by atoms with Crippen molar-refractivity contribution in [2.24, 2.45) is 5.73 Å². The first kappa shape index (κ1) is 20.6. The molecule has 0 unspecified atom stereocenters. The summed E-state index contributed by atoms with van der Waals surface area (Å²) in [4.78, 5) is 19.7. The molecule has 26 heavy (non-hydrogen) atoms. The summed E-state index contributed by atoms with van der Waals surface area (Å²) < 4.78 is 41.6. The van der Waals surface area contributed by atoms with E-state index in [-0.39, 0.29) is 59.7 Å². The van der Waals surface area contributed by atoms with E-state index in [0.29, 0.717) is 11.8 Å². The van der Waals surface area contributed by atoms with Crippen molar-refractivity contribution in [3.8, 4) is 11.3 Å². The van der Waals surface area contributed by atoms with Crippen molar-refractivity contribution in [1.82, 2.24) is 9.97 Å². The molecule has 1 aliphatic rings. The minimum absolute atomic E-state index is 0. The molecule has 9 heteroatoms. The predicted molar refractivity (Wildman–Crippen MR) is 85.1 cm³/mol. The van der Waals surface area contributed by atoms with E-state index in [4.69, 9.17) is 11.1 Å². The number of hydrogen-bond donors (Lipinski definition) is 2. The smallest absolute Gasteiger partial charge is 0.264 e. The molecule has 1 aliphatic carbocycles. The van der Waals surface area contributed by atoms with Gasteiger partial charge in [0.2, 0.25) is 0 Å². The van der Waals surface area contributed by atoms with Crippen LogP contribution in [0.15, 0.2) is 18.3 Å². The molecule has 0 aliphatic heterocycles. The third-order valence-corrected chi connectivity index (χ3v) is 4.04. The van der Waals surface area contributed by atoms with Crippen LogP contribution in [-0.2, 0) is 0 Å². The Morgan fingerprint density at radius 1 is 1.38 bits per heavy atom. The van der Waals surface area contributed by atoms with E-state index in [2.05, 4.69) is 9.97 Å². The van der Waals surface area contributed by atoms with Crippen LogP contribution in [0.1, 0.15) is 52.5 Å². The zero-order valence-corrected chi connectivity index (χ0v) is 17.6. The van der Waals surface area contributed by atoms with Crippen LogP contribution in [0.25, 0.3) is 11.3 Å². The van der Waals surface area contributed by atoms with Crippen molar-refractivity contribution >= 4 is 12.0 Å². The van der Waals surface area contributed by atoms with E-state index in [9.17, 15) is 18.0 Å². The average molecular weight is 585 g/mol. The number of hydrogen-bond acceptors (Lipinski definition) is 5. The largest absolute Gasteiger partial charge is 0.385 e. The first-order chi connectivity index (χ1) is 12.0. The summed E-state index contributed by atoms with van der Waals surface area (Å²) in [6.45, 7) is 1.01. The number of carbonyl (C=O) groups excluding carboxylic acids is 1. The summed E-state index contributed by atoms with van der Waals surface area (Å²) in [6, 6.07) is 2.55. The predicted octanol–water partition coefficient (Wildman–Crippen LogP) is 3.40. The van der Waals surface area contributed by atoms with Gasteiger partial charge in [-0.05, 0) is 30.0 Å². The maximum absolute atomic E-state index is 14.9. The summed E-state index contributed by atoms with van der Waals surface area (Å²) in [5.74, 6) is -1.56. The van der Waals surface area contributed by atoms with Crippen LogP contribution in [-0.4, -0.2) is 22.0 Å². The van der Waals surface area contributed by atoms with E-state index >= 15 is 0 Å². The Bertz CT molecular complexity index is 856. The Morgan fingerprint density at radius 3 is 2.62 bits per heavy atom. The summed E-state index contributed by atoms with van der Waals surface area (Å²) in [7, 11) is 0. The quantitative estimate of drug-likeness (QED) is 0.309. The van der Waals surface area contributed by atoms with Gasteiger partial charge in [-0.3, -0.25) is 4.98 Å². The Balaban J connectivity index is 0.00000243. The fraction of sp³-hybridized carbons (Fsp3) is 0.235. The molecule has 0 amide bonds. The minimum Gasteiger partial charge on any atom is -0.385 e. The number of ketones is 1. The number of rotatable bonds is 6. The van der Waals surface area contributed by atoms with E-state index < -0.39 is 23.6 Å². The molecule has 3 N–H and O–H groups in total. The Labute approximate surface area is 171 Å². The second kappa shape index (κ2) is 8.34. The van der Waals surface area contributed by atoms with E-state index in [1.54, 1.807) is 0 Å². The van der Waals surface area contributed by atoms with Crippen LogP contribution in [0.5, 0.6) is 0 Å². The molecule has 5 nitrogen and oxygen atoms in total. The molecule has 0 saturated heterocycles. The third kappa shape index (κ3) is 3.85. The maximum Gasteiger partial charge on any atom is 0.264 e. The summed E-state index contributed by atoms with van der Waals surface area (Å²) in [6.07, 6.45) is 0.289. The zero-order valence-electron chi connectivity index (χ0n) is 13.5. The van der Waals surface area contributed by atoms with Crippen LogP contribution >= 0.6 is 0 Å². The average Bonchev–Trinajstić information content (AvgIpc) is 3.45. The second-order valence-corrected chi connectivity index (χ2v) is 5.67. The van der Waals surface area contributed by atoms with Crippen molar-refractivity contribution < 1.29 is 49.1 Å². The molecule has 0 bridgehead atoms. The Kier molecular flexibility index (Phi) is 6.61. The number of benzene rings is 1. The van der Waals surface area contributed by atoms with Gasteiger partial charge in [-0.15, -0.1) is 6.54 Å². The van der Waals surface area contributed by atoms with E-state index in [0.717, 1.165) is 25.6 Å². The van der Waals surface area contributed by atoms with Crippen molar-refractivity contribution in [3.05, 3.63) is 53.2 Å². The summed E-state index contributed by atoms with van der Waals surface area (Å²) in [5.41, 5.74) is 4.35. The molecule has 0 spiro atoms. The molecule has 1 aromatic heterocycles. The number of carbonyl (C=O) groups is 1. The number of aromatic nitrogens is 2. The van der Waals surface area contributed by atoms with Crippen LogP contribution in [0, 0.1) is 48.9 Å². The van der Waals surface area contributed by atoms with Crippen molar-refractivity contribution in [2.75, 3.05) is 0 Å². The van der Waals surface area contributed by atoms with Crippen LogP contribution in [0.3, 0.4) is 0 Å². The van der Waals surface area contributed by atoms with Crippen molar-refractivity contribution in [3.63, 3.8) is 0 Å². The third-order valence-electron chi connectivity index (χ3n) is 4.04. The molecule has 1 fully saturated rings. The number of halogens is 3. The summed E-state index contributed by atoms with van der Waals surface area (Å²) >= 11 is 0. The van der Waals surface area contributed by atoms with Gasteiger partial charge in [-0.25, -0.2) is 13.2 Å². The van der Waals surface area contributed by atoms with Gasteiger partial charge < -0.3 is 20.9 Å². The number of nitrogens with zero attached hydrogens (tertiary/aromatic N) is 2. The molecule has 1 heterocycles. The molecule has 2 aromatic rings. The zero-order chi connectivity index (χ0) is 18.1. The SMILES string of the molecule is N=CC(=O)c1nc(-c2c(C(F)F)ccc(C3CC3)c2F)cnc1[CH-]N.[U]. The molecule has 0 atom stereocenters. The van der Waals surface area contributed by atoms with Crippen LogP contribution in [0.4, 0.5) is 13.2 Å². The Morgan fingerprint density at radius 2 is 2.08 bits per heavy atom. The monoisotopic (exact) mass is 585 g/mol. The number of Topliss-reactive ketones (excluding diaryl/α,β-unsaturated/α-hetero) is 1. The van der Waals surface area contributed by atoms with Gasteiger partial charge >= 0.3 is 0 Å². The van der Waals surface area contributed by atoms with Gasteiger partial charge in [0.25, 0.3) is 6.43 Å². The first-order valence-corrected chi connectivity index (χ1v) is 7.55. The van der Waals surface area contributed by atoms with Gasteiger partial charge in [-0.2, -0.15) is 0 Å². The van der Waals surface area contributed by atoms with Crippen molar-refractivity contribution in [2.45, 2.75) is 25.2 Å². The fourth-order valence-electron chi connectivity index (χ4n) is 2.65. The van der Waals surface area contributed by atoms with Gasteiger partial charge in [-0.1, -0.05) is 17.8 Å². The van der Waals surface area contributed by atoms with Gasteiger partial charge in [0.05, 0.1) is 5.69 Å². The first-order valence-electron chi connectivity index (χ1n) is 7.55. The van der Waals surface area contributed by atoms with Crippen LogP contribution in [0.2, 0.25) is 0 Å². The standard InChI is InChI=1S/C17H14F3N4O.U/c18-15-9(8-1-2-8)3-4-10(17(19)20)14(15)12-7-23-11(5-21)16(24-12)13(25)6-22;/h3-8,17,22H,1-2,21H2;/q-1;. The molecule has 1 saturated carbocycles. The minimum atomic E-state index is -2.91. The summed E-state index contributed by atoms with van der Waals surface area (Å²) in [5, 5.41) is 7.05. The molecular weight excluding hydrogens is 571 g/mol. The molecule has 1 aromatic carbocycles. The fourth-order valence-corrected chi connectivity index (χ4v) is 2.65. The molecule has 134 valence electrons.